The first kappa shape index (κ1) is 13.9. The maximum atomic E-state index is 5.90. The van der Waals surface area contributed by atoms with Gasteiger partial charge in [0.05, 0.1) is 13.2 Å². The molecule has 0 amide bonds. The Balaban J connectivity index is 2.21. The standard InChI is InChI=1S/C15H17ClN2O/c1-19-15-5-3-2-4-12(15)10-14(18-17)11-6-8-13(16)9-7-11/h2-9,14,18H,10,17H2,1H3. The van der Waals surface area contributed by atoms with E-state index in [1.807, 2.05) is 48.5 Å². The summed E-state index contributed by atoms with van der Waals surface area (Å²) in [6.07, 6.45) is 0.752. The van der Waals surface area contributed by atoms with E-state index in [-0.39, 0.29) is 6.04 Å². The second kappa shape index (κ2) is 6.57. The van der Waals surface area contributed by atoms with Gasteiger partial charge in [0.25, 0.3) is 0 Å². The lowest BCUT2D eigenvalue weighted by atomic mass is 9.99. The molecule has 0 aliphatic rings. The van der Waals surface area contributed by atoms with Gasteiger partial charge in [0.15, 0.2) is 0 Å². The molecule has 0 saturated heterocycles. The lowest BCUT2D eigenvalue weighted by Crippen LogP contribution is -2.29. The molecule has 2 rings (SSSR count). The van der Waals surface area contributed by atoms with Crippen LogP contribution in [0.3, 0.4) is 0 Å². The molecule has 0 fully saturated rings. The molecular formula is C15H17ClN2O. The lowest BCUT2D eigenvalue weighted by molar-refractivity contribution is 0.405. The lowest BCUT2D eigenvalue weighted by Gasteiger charge is -2.18. The van der Waals surface area contributed by atoms with Gasteiger partial charge in [-0.3, -0.25) is 11.3 Å². The van der Waals surface area contributed by atoms with Crippen molar-refractivity contribution in [2.75, 3.05) is 7.11 Å². The van der Waals surface area contributed by atoms with Gasteiger partial charge < -0.3 is 4.74 Å². The Morgan fingerprint density at radius 2 is 1.84 bits per heavy atom. The minimum Gasteiger partial charge on any atom is -0.496 e. The number of benzene rings is 2. The van der Waals surface area contributed by atoms with Crippen molar-refractivity contribution in [1.29, 1.82) is 0 Å². The van der Waals surface area contributed by atoms with Gasteiger partial charge in [-0.15, -0.1) is 0 Å². The summed E-state index contributed by atoms with van der Waals surface area (Å²) in [7, 11) is 1.67. The third-order valence-corrected chi connectivity index (χ3v) is 3.34. The number of hydrogen-bond acceptors (Lipinski definition) is 3. The number of para-hydroxylation sites is 1. The van der Waals surface area contributed by atoms with E-state index in [0.717, 1.165) is 28.3 Å². The summed E-state index contributed by atoms with van der Waals surface area (Å²) in [5.41, 5.74) is 5.05. The van der Waals surface area contributed by atoms with Crippen LogP contribution in [0, 0.1) is 0 Å². The van der Waals surface area contributed by atoms with Gasteiger partial charge >= 0.3 is 0 Å². The Morgan fingerprint density at radius 3 is 2.47 bits per heavy atom. The Labute approximate surface area is 118 Å². The summed E-state index contributed by atoms with van der Waals surface area (Å²) in [6.45, 7) is 0. The van der Waals surface area contributed by atoms with Crippen LogP contribution in [0.1, 0.15) is 17.2 Å². The molecule has 19 heavy (non-hydrogen) atoms. The zero-order valence-corrected chi connectivity index (χ0v) is 11.5. The number of halogens is 1. The fraction of sp³-hybridized carbons (Fsp3) is 0.200. The first-order valence-corrected chi connectivity index (χ1v) is 6.46. The minimum absolute atomic E-state index is 0.0218. The average Bonchev–Trinajstić information content (AvgIpc) is 2.46. The highest BCUT2D eigenvalue weighted by atomic mass is 35.5. The number of nitrogens with two attached hydrogens (primary N) is 1. The fourth-order valence-electron chi connectivity index (χ4n) is 2.06. The molecule has 0 bridgehead atoms. The first-order chi connectivity index (χ1) is 9.24. The quantitative estimate of drug-likeness (QED) is 0.652. The van der Waals surface area contributed by atoms with Crippen LogP contribution in [0.4, 0.5) is 0 Å². The molecule has 0 heterocycles. The van der Waals surface area contributed by atoms with Crippen LogP contribution in [-0.4, -0.2) is 7.11 Å². The number of methoxy groups -OCH3 is 1. The molecule has 3 N–H and O–H groups in total. The van der Waals surface area contributed by atoms with Gasteiger partial charge in [-0.05, 0) is 35.7 Å². The topological polar surface area (TPSA) is 47.3 Å². The molecule has 0 aliphatic heterocycles. The van der Waals surface area contributed by atoms with Gasteiger partial charge in [-0.25, -0.2) is 0 Å². The van der Waals surface area contributed by atoms with E-state index < -0.39 is 0 Å². The second-order valence-electron chi connectivity index (χ2n) is 4.29. The highest BCUT2D eigenvalue weighted by molar-refractivity contribution is 6.30. The number of hydrazine groups is 1. The van der Waals surface area contributed by atoms with Crippen molar-refractivity contribution in [3.05, 3.63) is 64.7 Å². The maximum absolute atomic E-state index is 5.90. The van der Waals surface area contributed by atoms with E-state index in [9.17, 15) is 0 Å². The largest absolute Gasteiger partial charge is 0.496 e. The zero-order chi connectivity index (χ0) is 13.7. The molecule has 0 spiro atoms. The predicted octanol–water partition coefficient (Wildman–Crippen LogP) is 3.10. The van der Waals surface area contributed by atoms with Crippen LogP contribution >= 0.6 is 11.6 Å². The number of rotatable bonds is 5. The van der Waals surface area contributed by atoms with Crippen LogP contribution in [0.25, 0.3) is 0 Å². The van der Waals surface area contributed by atoms with Gasteiger partial charge in [-0.2, -0.15) is 0 Å². The van der Waals surface area contributed by atoms with Crippen LogP contribution in [-0.2, 0) is 6.42 Å². The third-order valence-electron chi connectivity index (χ3n) is 3.09. The van der Waals surface area contributed by atoms with E-state index in [2.05, 4.69) is 5.43 Å². The first-order valence-electron chi connectivity index (χ1n) is 6.08. The average molecular weight is 277 g/mol. The smallest absolute Gasteiger partial charge is 0.122 e. The molecule has 0 aliphatic carbocycles. The van der Waals surface area contributed by atoms with Crippen molar-refractivity contribution in [1.82, 2.24) is 5.43 Å². The van der Waals surface area contributed by atoms with Crippen molar-refractivity contribution in [3.63, 3.8) is 0 Å². The molecular weight excluding hydrogens is 260 g/mol. The molecule has 1 unspecified atom stereocenters. The summed E-state index contributed by atoms with van der Waals surface area (Å²) in [4.78, 5) is 0. The van der Waals surface area contributed by atoms with Crippen LogP contribution in [0.5, 0.6) is 5.75 Å². The summed E-state index contributed by atoms with van der Waals surface area (Å²) in [6, 6.07) is 15.6. The highest BCUT2D eigenvalue weighted by Crippen LogP contribution is 2.25. The van der Waals surface area contributed by atoms with Crippen molar-refractivity contribution < 1.29 is 4.74 Å². The van der Waals surface area contributed by atoms with Crippen molar-refractivity contribution in [3.8, 4) is 5.75 Å². The van der Waals surface area contributed by atoms with E-state index >= 15 is 0 Å². The third kappa shape index (κ3) is 3.47. The number of hydrogen-bond donors (Lipinski definition) is 2. The Morgan fingerprint density at radius 1 is 1.16 bits per heavy atom. The molecule has 1 atom stereocenters. The Kier molecular flexibility index (Phi) is 4.80. The minimum atomic E-state index is 0.0218. The maximum Gasteiger partial charge on any atom is 0.122 e. The van der Waals surface area contributed by atoms with Crippen LogP contribution in [0.2, 0.25) is 5.02 Å². The van der Waals surface area contributed by atoms with Crippen LogP contribution in [0.15, 0.2) is 48.5 Å². The van der Waals surface area contributed by atoms with Crippen molar-refractivity contribution >= 4 is 11.6 Å². The molecule has 0 aromatic heterocycles. The summed E-state index contributed by atoms with van der Waals surface area (Å²) < 4.78 is 5.36. The Hall–Kier alpha value is -1.55. The van der Waals surface area contributed by atoms with E-state index in [4.69, 9.17) is 22.2 Å². The number of ether oxygens (including phenoxy) is 1. The molecule has 3 nitrogen and oxygen atoms in total. The molecule has 0 radical (unpaired) electrons. The van der Waals surface area contributed by atoms with Gasteiger partial charge in [0, 0.05) is 5.02 Å². The van der Waals surface area contributed by atoms with Gasteiger partial charge in [-0.1, -0.05) is 41.9 Å². The number of nitrogens with one attached hydrogen (secondary N) is 1. The van der Waals surface area contributed by atoms with Gasteiger partial charge in [0.1, 0.15) is 5.75 Å². The fourth-order valence-corrected chi connectivity index (χ4v) is 2.19. The highest BCUT2D eigenvalue weighted by Gasteiger charge is 2.13. The zero-order valence-electron chi connectivity index (χ0n) is 10.8. The molecule has 2 aromatic carbocycles. The van der Waals surface area contributed by atoms with E-state index in [1.165, 1.54) is 0 Å². The molecule has 4 heteroatoms. The van der Waals surface area contributed by atoms with Gasteiger partial charge in [0.2, 0.25) is 0 Å². The summed E-state index contributed by atoms with van der Waals surface area (Å²) in [5, 5.41) is 0.719. The molecule has 100 valence electrons. The summed E-state index contributed by atoms with van der Waals surface area (Å²) in [5.74, 6) is 6.53. The monoisotopic (exact) mass is 276 g/mol. The Bertz CT molecular complexity index is 528. The van der Waals surface area contributed by atoms with E-state index in [0.29, 0.717) is 0 Å². The predicted molar refractivity (Wildman–Crippen MR) is 78.2 cm³/mol. The SMILES string of the molecule is COc1ccccc1CC(NN)c1ccc(Cl)cc1. The summed E-state index contributed by atoms with van der Waals surface area (Å²) >= 11 is 5.90. The molecule has 0 saturated carbocycles. The van der Waals surface area contributed by atoms with Crippen LogP contribution < -0.4 is 16.0 Å². The second-order valence-corrected chi connectivity index (χ2v) is 4.72. The van der Waals surface area contributed by atoms with Crippen molar-refractivity contribution in [2.45, 2.75) is 12.5 Å². The van der Waals surface area contributed by atoms with Crippen molar-refractivity contribution in [2.24, 2.45) is 5.84 Å². The molecule has 2 aromatic rings. The van der Waals surface area contributed by atoms with E-state index in [1.54, 1.807) is 7.11 Å². The normalized spacial score (nSPS) is 12.2.